The number of amides is 2. The van der Waals surface area contributed by atoms with Crippen molar-refractivity contribution in [1.82, 2.24) is 5.32 Å². The van der Waals surface area contributed by atoms with Gasteiger partial charge in [-0.25, -0.2) is 0 Å². The highest BCUT2D eigenvalue weighted by atomic mass is 35.5. The van der Waals surface area contributed by atoms with Gasteiger partial charge in [0.2, 0.25) is 11.8 Å². The summed E-state index contributed by atoms with van der Waals surface area (Å²) in [6.45, 7) is 2.84. The van der Waals surface area contributed by atoms with E-state index in [9.17, 15) is 9.59 Å². The summed E-state index contributed by atoms with van der Waals surface area (Å²) in [6.07, 6.45) is 5.01. The molecule has 0 aromatic heterocycles. The number of rotatable bonds is 6. The Morgan fingerprint density at radius 2 is 1.71 bits per heavy atom. The van der Waals surface area contributed by atoms with Gasteiger partial charge in [0.15, 0.2) is 0 Å². The lowest BCUT2D eigenvalue weighted by atomic mass is 9.81. The molecule has 1 fully saturated rings. The molecule has 0 aliphatic heterocycles. The third-order valence-electron chi connectivity index (χ3n) is 4.51. The predicted molar refractivity (Wildman–Crippen MR) is 98.5 cm³/mol. The summed E-state index contributed by atoms with van der Waals surface area (Å²) in [6, 6.07) is 5.17. The fourth-order valence-corrected chi connectivity index (χ4v) is 3.33. The molecule has 4 nitrogen and oxygen atoms in total. The zero-order valence-electron chi connectivity index (χ0n) is 13.9. The van der Waals surface area contributed by atoms with E-state index in [4.69, 9.17) is 23.2 Å². The van der Waals surface area contributed by atoms with Crippen molar-refractivity contribution in [3.63, 3.8) is 0 Å². The standard InChI is InChI=1S/C18H24Cl2N2O2/c1-2-3-11-21-17(23)12-7-9-13(10-8-12)18(24)22-15-6-4-5-14(19)16(15)20/h4-6,12-13H,2-3,7-11H2,1H3,(H,21,23)(H,22,24). The van der Waals surface area contributed by atoms with Gasteiger partial charge in [-0.15, -0.1) is 0 Å². The Morgan fingerprint density at radius 3 is 2.33 bits per heavy atom. The number of nitrogens with one attached hydrogen (secondary N) is 2. The van der Waals surface area contributed by atoms with Gasteiger partial charge < -0.3 is 10.6 Å². The van der Waals surface area contributed by atoms with E-state index in [1.54, 1.807) is 18.2 Å². The van der Waals surface area contributed by atoms with Crippen molar-refractivity contribution in [1.29, 1.82) is 0 Å². The first kappa shape index (κ1) is 19.1. The van der Waals surface area contributed by atoms with Crippen LogP contribution in [0.15, 0.2) is 18.2 Å². The highest BCUT2D eigenvalue weighted by molar-refractivity contribution is 6.44. The maximum absolute atomic E-state index is 12.4. The van der Waals surface area contributed by atoms with Crippen molar-refractivity contribution in [2.24, 2.45) is 11.8 Å². The topological polar surface area (TPSA) is 58.2 Å². The van der Waals surface area contributed by atoms with Crippen LogP contribution >= 0.6 is 23.2 Å². The molecule has 1 aromatic carbocycles. The largest absolute Gasteiger partial charge is 0.356 e. The van der Waals surface area contributed by atoms with Crippen molar-refractivity contribution in [2.45, 2.75) is 45.4 Å². The van der Waals surface area contributed by atoms with Crippen LogP contribution in [0, 0.1) is 11.8 Å². The maximum Gasteiger partial charge on any atom is 0.227 e. The van der Waals surface area contributed by atoms with Crippen LogP contribution in [-0.4, -0.2) is 18.4 Å². The van der Waals surface area contributed by atoms with E-state index in [0.29, 0.717) is 15.7 Å². The van der Waals surface area contributed by atoms with Gasteiger partial charge >= 0.3 is 0 Å². The van der Waals surface area contributed by atoms with Gasteiger partial charge in [0.05, 0.1) is 15.7 Å². The fourth-order valence-electron chi connectivity index (χ4n) is 2.99. The molecule has 0 saturated heterocycles. The minimum Gasteiger partial charge on any atom is -0.356 e. The molecule has 0 unspecified atom stereocenters. The average Bonchev–Trinajstić information content (AvgIpc) is 2.59. The van der Waals surface area contributed by atoms with Crippen molar-refractivity contribution in [3.8, 4) is 0 Å². The zero-order chi connectivity index (χ0) is 17.5. The first-order valence-corrected chi connectivity index (χ1v) is 9.31. The van der Waals surface area contributed by atoms with Crippen LogP contribution < -0.4 is 10.6 Å². The SMILES string of the molecule is CCCCNC(=O)C1CCC(C(=O)Nc2cccc(Cl)c2Cl)CC1. The molecular weight excluding hydrogens is 347 g/mol. The minimum absolute atomic E-state index is 0.0284. The van der Waals surface area contributed by atoms with Gasteiger partial charge in [-0.05, 0) is 44.2 Å². The number of unbranched alkanes of at least 4 members (excludes halogenated alkanes) is 1. The summed E-state index contributed by atoms with van der Waals surface area (Å²) in [7, 11) is 0. The summed E-state index contributed by atoms with van der Waals surface area (Å²) in [5, 5.41) is 6.61. The van der Waals surface area contributed by atoms with E-state index in [2.05, 4.69) is 17.6 Å². The molecular formula is C18H24Cl2N2O2. The quantitative estimate of drug-likeness (QED) is 0.715. The lowest BCUT2D eigenvalue weighted by Crippen LogP contribution is -2.35. The Kier molecular flexibility index (Phi) is 7.38. The Morgan fingerprint density at radius 1 is 1.08 bits per heavy atom. The second kappa shape index (κ2) is 9.28. The van der Waals surface area contributed by atoms with E-state index in [1.165, 1.54) is 0 Å². The normalized spacial score (nSPS) is 20.5. The van der Waals surface area contributed by atoms with Crippen LogP contribution in [0.3, 0.4) is 0 Å². The molecule has 6 heteroatoms. The molecule has 24 heavy (non-hydrogen) atoms. The number of carbonyl (C=O) groups excluding carboxylic acids is 2. The Bertz CT molecular complexity index is 584. The Hall–Kier alpha value is -1.26. The molecule has 1 aliphatic carbocycles. The number of benzene rings is 1. The first-order chi connectivity index (χ1) is 11.5. The number of halogens is 2. The summed E-state index contributed by atoms with van der Waals surface area (Å²) >= 11 is 12.1. The summed E-state index contributed by atoms with van der Waals surface area (Å²) < 4.78 is 0. The zero-order valence-corrected chi connectivity index (χ0v) is 15.4. The van der Waals surface area contributed by atoms with Crippen LogP contribution in [0.1, 0.15) is 45.4 Å². The summed E-state index contributed by atoms with van der Waals surface area (Å²) in [4.78, 5) is 24.5. The number of anilines is 1. The molecule has 0 bridgehead atoms. The molecule has 1 saturated carbocycles. The summed E-state index contributed by atoms with van der Waals surface area (Å²) in [5.41, 5.74) is 0.536. The van der Waals surface area contributed by atoms with Crippen LogP contribution in [0.2, 0.25) is 10.0 Å². The lowest BCUT2D eigenvalue weighted by molar-refractivity contribution is -0.128. The molecule has 1 aromatic rings. The number of hydrogen-bond donors (Lipinski definition) is 2. The number of hydrogen-bond acceptors (Lipinski definition) is 2. The predicted octanol–water partition coefficient (Wildman–Crippen LogP) is 4.65. The van der Waals surface area contributed by atoms with Gasteiger partial charge in [-0.2, -0.15) is 0 Å². The highest BCUT2D eigenvalue weighted by Crippen LogP contribution is 2.33. The van der Waals surface area contributed by atoms with Crippen molar-refractivity contribution in [2.75, 3.05) is 11.9 Å². The minimum atomic E-state index is -0.0836. The van der Waals surface area contributed by atoms with Crippen molar-refractivity contribution >= 4 is 40.7 Å². The van der Waals surface area contributed by atoms with Gasteiger partial charge in [-0.1, -0.05) is 42.6 Å². The summed E-state index contributed by atoms with van der Waals surface area (Å²) in [5.74, 6) is 0.0182. The monoisotopic (exact) mass is 370 g/mol. The van der Waals surface area contributed by atoms with Gasteiger partial charge in [0, 0.05) is 18.4 Å². The molecule has 2 rings (SSSR count). The molecule has 0 spiro atoms. The van der Waals surface area contributed by atoms with Crippen LogP contribution in [0.4, 0.5) is 5.69 Å². The van der Waals surface area contributed by atoms with Crippen LogP contribution in [0.5, 0.6) is 0 Å². The third kappa shape index (κ3) is 5.12. The smallest absolute Gasteiger partial charge is 0.227 e. The highest BCUT2D eigenvalue weighted by Gasteiger charge is 2.30. The Labute approximate surface area is 153 Å². The van der Waals surface area contributed by atoms with Crippen molar-refractivity contribution < 1.29 is 9.59 Å². The second-order valence-electron chi connectivity index (χ2n) is 6.28. The van der Waals surface area contributed by atoms with Crippen molar-refractivity contribution in [3.05, 3.63) is 28.2 Å². The molecule has 0 radical (unpaired) electrons. The van der Waals surface area contributed by atoms with E-state index in [0.717, 1.165) is 45.1 Å². The first-order valence-electron chi connectivity index (χ1n) is 8.55. The third-order valence-corrected chi connectivity index (χ3v) is 5.33. The van der Waals surface area contributed by atoms with Crippen LogP contribution in [-0.2, 0) is 9.59 Å². The average molecular weight is 371 g/mol. The van der Waals surface area contributed by atoms with E-state index < -0.39 is 0 Å². The fraction of sp³-hybridized carbons (Fsp3) is 0.556. The number of carbonyl (C=O) groups is 2. The molecule has 132 valence electrons. The molecule has 1 aliphatic rings. The van der Waals surface area contributed by atoms with E-state index in [1.807, 2.05) is 0 Å². The van der Waals surface area contributed by atoms with Gasteiger partial charge in [0.25, 0.3) is 0 Å². The van der Waals surface area contributed by atoms with Gasteiger partial charge in [0.1, 0.15) is 0 Å². The molecule has 2 amide bonds. The Balaban J connectivity index is 1.82. The maximum atomic E-state index is 12.4. The van der Waals surface area contributed by atoms with Gasteiger partial charge in [-0.3, -0.25) is 9.59 Å². The molecule has 0 heterocycles. The van der Waals surface area contributed by atoms with E-state index >= 15 is 0 Å². The lowest BCUT2D eigenvalue weighted by Gasteiger charge is -2.27. The second-order valence-corrected chi connectivity index (χ2v) is 7.07. The van der Waals surface area contributed by atoms with E-state index in [-0.39, 0.29) is 23.7 Å². The van der Waals surface area contributed by atoms with Crippen LogP contribution in [0.25, 0.3) is 0 Å². The molecule has 0 atom stereocenters. The molecule has 2 N–H and O–H groups in total.